The van der Waals surface area contributed by atoms with Crippen molar-refractivity contribution in [2.75, 3.05) is 18.6 Å². The molecule has 1 amide bonds. The predicted molar refractivity (Wildman–Crippen MR) is 91.7 cm³/mol. The zero-order valence-corrected chi connectivity index (χ0v) is 13.9. The average Bonchev–Trinajstić information content (AvgIpc) is 2.55. The van der Waals surface area contributed by atoms with Crippen LogP contribution in [-0.2, 0) is 16.1 Å². The van der Waals surface area contributed by atoms with Gasteiger partial charge in [0, 0.05) is 12.7 Å². The monoisotopic (exact) mass is 313 g/mol. The summed E-state index contributed by atoms with van der Waals surface area (Å²) in [5, 5.41) is 0. The molecule has 0 fully saturated rings. The Hall–Kier alpha value is -2.33. The van der Waals surface area contributed by atoms with Crippen LogP contribution in [0.2, 0.25) is 0 Å². The van der Waals surface area contributed by atoms with E-state index in [1.54, 1.807) is 11.9 Å². The van der Waals surface area contributed by atoms with Crippen LogP contribution < -0.4 is 9.64 Å². The summed E-state index contributed by atoms with van der Waals surface area (Å²) in [4.78, 5) is 13.8. The smallest absolute Gasteiger partial charge is 0.252 e. The van der Waals surface area contributed by atoms with Gasteiger partial charge in [-0.05, 0) is 43.7 Å². The highest BCUT2D eigenvalue weighted by Gasteiger charge is 2.11. The second-order valence-electron chi connectivity index (χ2n) is 5.59. The number of carbonyl (C=O) groups excluding carboxylic acids is 1. The van der Waals surface area contributed by atoms with Crippen molar-refractivity contribution in [2.45, 2.75) is 26.6 Å². The fourth-order valence-electron chi connectivity index (χ4n) is 2.09. The van der Waals surface area contributed by atoms with Gasteiger partial charge in [0.1, 0.15) is 12.4 Å². The van der Waals surface area contributed by atoms with Crippen molar-refractivity contribution in [3.63, 3.8) is 0 Å². The van der Waals surface area contributed by atoms with Gasteiger partial charge in [-0.25, -0.2) is 0 Å². The Balaban J connectivity index is 1.84. The lowest BCUT2D eigenvalue weighted by Crippen LogP contribution is -2.30. The van der Waals surface area contributed by atoms with Gasteiger partial charge in [0.25, 0.3) is 5.91 Å². The van der Waals surface area contributed by atoms with Crippen molar-refractivity contribution < 1.29 is 14.3 Å². The highest BCUT2D eigenvalue weighted by molar-refractivity contribution is 5.93. The standard InChI is InChI=1S/C19H23NO3/c1-15(2)23-18-11-9-17(10-12-18)20(3)19(21)14-22-13-16-7-5-4-6-8-16/h4-12,15H,13-14H2,1-3H3. The molecule has 0 aliphatic rings. The van der Waals surface area contributed by atoms with Gasteiger partial charge in [0.15, 0.2) is 0 Å². The normalized spacial score (nSPS) is 10.6. The van der Waals surface area contributed by atoms with Gasteiger partial charge in [-0.1, -0.05) is 30.3 Å². The quantitative estimate of drug-likeness (QED) is 0.783. The lowest BCUT2D eigenvalue weighted by atomic mass is 10.2. The molecule has 2 rings (SSSR count). The van der Waals surface area contributed by atoms with Gasteiger partial charge in [-0.15, -0.1) is 0 Å². The molecule has 0 unspecified atom stereocenters. The van der Waals surface area contributed by atoms with Crippen LogP contribution in [0, 0.1) is 0 Å². The fraction of sp³-hybridized carbons (Fsp3) is 0.316. The summed E-state index contributed by atoms with van der Waals surface area (Å²) in [6.45, 7) is 4.44. The second-order valence-corrected chi connectivity index (χ2v) is 5.59. The Morgan fingerprint density at radius 2 is 1.70 bits per heavy atom. The van der Waals surface area contributed by atoms with Crippen LogP contribution in [0.4, 0.5) is 5.69 Å². The number of benzene rings is 2. The number of hydrogen-bond donors (Lipinski definition) is 0. The number of anilines is 1. The molecule has 0 N–H and O–H groups in total. The summed E-state index contributed by atoms with van der Waals surface area (Å²) in [5.41, 5.74) is 1.87. The van der Waals surface area contributed by atoms with Gasteiger partial charge in [0.05, 0.1) is 12.7 Å². The maximum Gasteiger partial charge on any atom is 0.252 e. The molecule has 0 aromatic heterocycles. The van der Waals surface area contributed by atoms with Gasteiger partial charge in [0.2, 0.25) is 0 Å². The van der Waals surface area contributed by atoms with Crippen LogP contribution in [0.5, 0.6) is 5.75 Å². The maximum absolute atomic E-state index is 12.2. The molecule has 0 spiro atoms. The summed E-state index contributed by atoms with van der Waals surface area (Å²) in [6, 6.07) is 17.3. The van der Waals surface area contributed by atoms with Crippen LogP contribution in [-0.4, -0.2) is 25.7 Å². The molecule has 0 saturated heterocycles. The van der Waals surface area contributed by atoms with E-state index in [0.717, 1.165) is 17.0 Å². The first-order valence-electron chi connectivity index (χ1n) is 7.71. The molecule has 23 heavy (non-hydrogen) atoms. The SMILES string of the molecule is CC(C)Oc1ccc(N(C)C(=O)COCc2ccccc2)cc1. The second kappa shape index (κ2) is 8.34. The van der Waals surface area contributed by atoms with Crippen molar-refractivity contribution in [3.05, 3.63) is 60.2 Å². The topological polar surface area (TPSA) is 38.8 Å². The molecule has 2 aromatic rings. The summed E-state index contributed by atoms with van der Waals surface area (Å²) < 4.78 is 11.1. The molecule has 0 radical (unpaired) electrons. The van der Waals surface area contributed by atoms with Crippen molar-refractivity contribution in [1.82, 2.24) is 0 Å². The minimum atomic E-state index is -0.0848. The van der Waals surface area contributed by atoms with Gasteiger partial charge in [-0.2, -0.15) is 0 Å². The number of ether oxygens (including phenoxy) is 2. The maximum atomic E-state index is 12.2. The number of carbonyl (C=O) groups is 1. The predicted octanol–water partition coefficient (Wildman–Crippen LogP) is 3.65. The van der Waals surface area contributed by atoms with E-state index in [4.69, 9.17) is 9.47 Å². The molecule has 0 bridgehead atoms. The Morgan fingerprint density at radius 3 is 2.30 bits per heavy atom. The number of hydrogen-bond acceptors (Lipinski definition) is 3. The molecule has 4 heteroatoms. The molecule has 0 saturated carbocycles. The zero-order valence-electron chi connectivity index (χ0n) is 13.9. The van der Waals surface area contributed by atoms with Crippen molar-refractivity contribution in [1.29, 1.82) is 0 Å². The first-order chi connectivity index (χ1) is 11.1. The van der Waals surface area contributed by atoms with E-state index in [1.165, 1.54) is 0 Å². The average molecular weight is 313 g/mol. The third-order valence-corrected chi connectivity index (χ3v) is 3.31. The van der Waals surface area contributed by atoms with Crippen LogP contribution in [0.15, 0.2) is 54.6 Å². The minimum absolute atomic E-state index is 0.0512. The van der Waals surface area contributed by atoms with Crippen LogP contribution in [0.25, 0.3) is 0 Å². The van der Waals surface area contributed by atoms with E-state index in [9.17, 15) is 4.79 Å². The molecule has 0 heterocycles. The molecular formula is C19H23NO3. The number of likely N-dealkylation sites (N-methyl/N-ethyl adjacent to an activating group) is 1. The van der Waals surface area contributed by atoms with E-state index < -0.39 is 0 Å². The van der Waals surface area contributed by atoms with E-state index in [-0.39, 0.29) is 18.6 Å². The molecule has 122 valence electrons. The van der Waals surface area contributed by atoms with Crippen LogP contribution in [0.3, 0.4) is 0 Å². The highest BCUT2D eigenvalue weighted by atomic mass is 16.5. The van der Waals surface area contributed by atoms with E-state index in [0.29, 0.717) is 6.61 Å². The lowest BCUT2D eigenvalue weighted by molar-refractivity contribution is -0.123. The van der Waals surface area contributed by atoms with E-state index in [2.05, 4.69) is 0 Å². The summed E-state index contributed by atoms with van der Waals surface area (Å²) in [7, 11) is 1.74. The van der Waals surface area contributed by atoms with Crippen molar-refractivity contribution >= 4 is 11.6 Å². The first-order valence-corrected chi connectivity index (χ1v) is 7.71. The summed E-state index contributed by atoms with van der Waals surface area (Å²) in [6.07, 6.45) is 0.131. The first kappa shape index (κ1) is 17.0. The Morgan fingerprint density at radius 1 is 1.04 bits per heavy atom. The van der Waals surface area contributed by atoms with Gasteiger partial charge >= 0.3 is 0 Å². The van der Waals surface area contributed by atoms with Gasteiger partial charge in [-0.3, -0.25) is 4.79 Å². The van der Waals surface area contributed by atoms with Gasteiger partial charge < -0.3 is 14.4 Å². The minimum Gasteiger partial charge on any atom is -0.491 e. The number of nitrogens with zero attached hydrogens (tertiary/aromatic N) is 1. The van der Waals surface area contributed by atoms with Crippen LogP contribution >= 0.6 is 0 Å². The number of rotatable bonds is 7. The molecule has 2 aromatic carbocycles. The van der Waals surface area contributed by atoms with Crippen molar-refractivity contribution in [2.24, 2.45) is 0 Å². The van der Waals surface area contributed by atoms with Crippen molar-refractivity contribution in [3.8, 4) is 5.75 Å². The third kappa shape index (κ3) is 5.42. The Labute approximate surface area is 137 Å². The largest absolute Gasteiger partial charge is 0.491 e. The third-order valence-electron chi connectivity index (χ3n) is 3.31. The molecule has 4 nitrogen and oxygen atoms in total. The Kier molecular flexibility index (Phi) is 6.18. The summed E-state index contributed by atoms with van der Waals surface area (Å²) in [5.74, 6) is 0.711. The lowest BCUT2D eigenvalue weighted by Gasteiger charge is -2.18. The molecule has 0 atom stereocenters. The molecule has 0 aliphatic carbocycles. The fourth-order valence-corrected chi connectivity index (χ4v) is 2.09. The highest BCUT2D eigenvalue weighted by Crippen LogP contribution is 2.19. The Bertz CT molecular complexity index is 608. The molecule has 0 aliphatic heterocycles. The van der Waals surface area contributed by atoms with E-state index >= 15 is 0 Å². The van der Waals surface area contributed by atoms with Crippen LogP contribution in [0.1, 0.15) is 19.4 Å². The van der Waals surface area contributed by atoms with E-state index in [1.807, 2.05) is 68.4 Å². The molecular weight excluding hydrogens is 290 g/mol. The number of amides is 1. The zero-order chi connectivity index (χ0) is 16.7. The summed E-state index contributed by atoms with van der Waals surface area (Å²) >= 11 is 0.